The van der Waals surface area contributed by atoms with Crippen molar-refractivity contribution in [3.63, 3.8) is 0 Å². The Morgan fingerprint density at radius 1 is 0.857 bits per heavy atom. The zero-order chi connectivity index (χ0) is 35.2. The number of benzene rings is 1. The third-order valence-corrected chi connectivity index (χ3v) is 7.24. The van der Waals surface area contributed by atoms with Crippen molar-refractivity contribution in [2.24, 2.45) is 5.84 Å². The standard InChI is InChI=1S/C31H38N12O6/c32-31-41-26-25(29(47)42-31)39-21(17-38-26)16-36-20-10-7-18(8-11-20)28(46)40-22(30(48)49)5-1-3-13-34-24(44)6-2-4-14-35-27(45)19-9-12-23(43-33)37-15-19/h7-12,15,17,22,36H,1-6,13-14,16,33H2,(H,34,44)(H,35,45)(H,37,43)(H,40,46)(H,48,49)(H3,32,38,41,42,47). The fraction of sp³-hybridized carbons (Fsp3) is 0.323. The number of rotatable bonds is 18. The highest BCUT2D eigenvalue weighted by atomic mass is 16.4. The van der Waals surface area contributed by atoms with Crippen LogP contribution in [0, 0.1) is 0 Å². The number of hydrazine groups is 1. The lowest BCUT2D eigenvalue weighted by atomic mass is 10.1. The molecule has 3 aromatic heterocycles. The summed E-state index contributed by atoms with van der Waals surface area (Å²) in [6, 6.07) is 8.52. The number of aromatic nitrogens is 5. The lowest BCUT2D eigenvalue weighted by Gasteiger charge is -2.15. The molecule has 258 valence electrons. The van der Waals surface area contributed by atoms with E-state index in [0.29, 0.717) is 68.0 Å². The Hall–Kier alpha value is -6.17. The first-order valence-corrected chi connectivity index (χ1v) is 15.5. The van der Waals surface area contributed by atoms with Crippen LogP contribution in [-0.2, 0) is 16.1 Å². The van der Waals surface area contributed by atoms with Crippen molar-refractivity contribution in [1.82, 2.24) is 40.9 Å². The Bertz CT molecular complexity index is 1820. The van der Waals surface area contributed by atoms with E-state index in [9.17, 15) is 29.1 Å². The second kappa shape index (κ2) is 17.7. The van der Waals surface area contributed by atoms with Crippen LogP contribution in [0.2, 0.25) is 0 Å². The molecule has 0 aliphatic carbocycles. The number of carboxylic acid groups (broad SMARTS) is 1. The number of carbonyl (C=O) groups excluding carboxylic acids is 3. The number of amides is 3. The van der Waals surface area contributed by atoms with Crippen LogP contribution in [0.4, 0.5) is 17.5 Å². The van der Waals surface area contributed by atoms with Crippen LogP contribution >= 0.6 is 0 Å². The number of hydrogen-bond acceptors (Lipinski definition) is 13. The normalized spacial score (nSPS) is 11.4. The van der Waals surface area contributed by atoms with E-state index in [0.717, 1.165) is 0 Å². The van der Waals surface area contributed by atoms with Gasteiger partial charge in [-0.1, -0.05) is 0 Å². The molecule has 1 unspecified atom stereocenters. The molecule has 0 fully saturated rings. The molecule has 0 aliphatic rings. The van der Waals surface area contributed by atoms with Crippen LogP contribution in [0.15, 0.2) is 53.6 Å². The minimum Gasteiger partial charge on any atom is -0.480 e. The minimum atomic E-state index is -1.16. The molecule has 18 nitrogen and oxygen atoms in total. The molecule has 0 spiro atoms. The van der Waals surface area contributed by atoms with E-state index < -0.39 is 23.5 Å². The Kier molecular flexibility index (Phi) is 12.9. The number of carboxylic acids is 1. The van der Waals surface area contributed by atoms with E-state index >= 15 is 0 Å². The van der Waals surface area contributed by atoms with Gasteiger partial charge < -0.3 is 37.5 Å². The van der Waals surface area contributed by atoms with Gasteiger partial charge in [-0.25, -0.2) is 25.6 Å². The molecule has 0 saturated carbocycles. The number of nitrogens with zero attached hydrogens (tertiary/aromatic N) is 4. The van der Waals surface area contributed by atoms with Gasteiger partial charge in [0, 0.05) is 37.0 Å². The second-order valence-corrected chi connectivity index (χ2v) is 10.9. The van der Waals surface area contributed by atoms with Gasteiger partial charge >= 0.3 is 5.97 Å². The fourth-order valence-electron chi connectivity index (χ4n) is 4.60. The van der Waals surface area contributed by atoms with Gasteiger partial charge in [-0.2, -0.15) is 4.98 Å². The summed E-state index contributed by atoms with van der Waals surface area (Å²) in [7, 11) is 0. The smallest absolute Gasteiger partial charge is 0.326 e. The van der Waals surface area contributed by atoms with Gasteiger partial charge in [-0.05, 0) is 68.5 Å². The third kappa shape index (κ3) is 11.0. The maximum absolute atomic E-state index is 12.7. The summed E-state index contributed by atoms with van der Waals surface area (Å²) in [4.78, 5) is 79.5. The van der Waals surface area contributed by atoms with Crippen LogP contribution in [0.1, 0.15) is 64.9 Å². The van der Waals surface area contributed by atoms with Gasteiger partial charge in [-0.15, -0.1) is 0 Å². The Labute approximate surface area is 279 Å². The molecule has 0 radical (unpaired) electrons. The minimum absolute atomic E-state index is 0.0502. The molecular weight excluding hydrogens is 636 g/mol. The van der Waals surface area contributed by atoms with Crippen LogP contribution in [0.3, 0.4) is 0 Å². The first-order valence-electron chi connectivity index (χ1n) is 15.5. The van der Waals surface area contributed by atoms with Crippen LogP contribution < -0.4 is 43.8 Å². The molecule has 11 N–H and O–H groups in total. The van der Waals surface area contributed by atoms with E-state index in [2.05, 4.69) is 51.6 Å². The Balaban J connectivity index is 1.10. The molecule has 4 rings (SSSR count). The Morgan fingerprint density at radius 2 is 1.59 bits per heavy atom. The molecule has 3 amide bonds. The summed E-state index contributed by atoms with van der Waals surface area (Å²) in [6.45, 7) is 1.02. The molecule has 3 heterocycles. The summed E-state index contributed by atoms with van der Waals surface area (Å²) < 4.78 is 0. The maximum atomic E-state index is 12.7. The molecule has 1 atom stereocenters. The van der Waals surface area contributed by atoms with Gasteiger partial charge in [0.05, 0.1) is 24.0 Å². The van der Waals surface area contributed by atoms with Gasteiger partial charge in [-0.3, -0.25) is 24.2 Å². The topological polar surface area (TPSA) is 285 Å². The molecule has 49 heavy (non-hydrogen) atoms. The first-order chi connectivity index (χ1) is 23.6. The zero-order valence-electron chi connectivity index (χ0n) is 26.5. The number of anilines is 3. The Morgan fingerprint density at radius 3 is 2.31 bits per heavy atom. The number of nitrogens with one attached hydrogen (secondary N) is 6. The number of aliphatic carboxylic acids is 1. The van der Waals surface area contributed by atoms with E-state index in [1.165, 1.54) is 12.4 Å². The number of hydrogen-bond donors (Lipinski definition) is 9. The number of fused-ring (bicyclic) bond motifs is 1. The summed E-state index contributed by atoms with van der Waals surface area (Å²) in [6.07, 6.45) is 5.57. The molecular formula is C31H38N12O6. The van der Waals surface area contributed by atoms with E-state index in [1.54, 1.807) is 36.4 Å². The number of nitrogen functional groups attached to an aromatic ring is 2. The number of aromatic amines is 1. The fourth-order valence-corrected chi connectivity index (χ4v) is 4.60. The highest BCUT2D eigenvalue weighted by molar-refractivity contribution is 5.97. The SMILES string of the molecule is NNc1ccc(C(=O)NCCCCC(=O)NCCCCC(NC(=O)c2ccc(NCc3cnc4nc(N)[nH]c(=O)c4n3)cc2)C(=O)O)cn1. The molecule has 0 bridgehead atoms. The maximum Gasteiger partial charge on any atom is 0.326 e. The van der Waals surface area contributed by atoms with Crippen molar-refractivity contribution < 1.29 is 24.3 Å². The number of nitrogens with two attached hydrogens (primary N) is 2. The summed E-state index contributed by atoms with van der Waals surface area (Å²) >= 11 is 0. The number of H-pyrrole nitrogens is 1. The second-order valence-electron chi connectivity index (χ2n) is 10.9. The molecule has 0 aliphatic heterocycles. The van der Waals surface area contributed by atoms with Gasteiger partial charge in [0.25, 0.3) is 17.4 Å². The van der Waals surface area contributed by atoms with Gasteiger partial charge in [0.15, 0.2) is 11.2 Å². The lowest BCUT2D eigenvalue weighted by molar-refractivity contribution is -0.139. The summed E-state index contributed by atoms with van der Waals surface area (Å²) in [5.41, 5.74) is 9.44. The van der Waals surface area contributed by atoms with Crippen LogP contribution in [0.25, 0.3) is 11.2 Å². The van der Waals surface area contributed by atoms with E-state index in [-0.39, 0.29) is 47.5 Å². The molecule has 18 heteroatoms. The van der Waals surface area contributed by atoms with Crippen molar-refractivity contribution in [3.05, 3.63) is 76.0 Å². The first kappa shape index (κ1) is 35.7. The number of carbonyl (C=O) groups is 4. The average Bonchev–Trinajstić information content (AvgIpc) is 3.10. The predicted molar refractivity (Wildman–Crippen MR) is 180 cm³/mol. The van der Waals surface area contributed by atoms with Gasteiger partial charge in [0.1, 0.15) is 11.9 Å². The number of pyridine rings is 1. The highest BCUT2D eigenvalue weighted by Crippen LogP contribution is 2.13. The molecule has 1 aromatic carbocycles. The van der Waals surface area contributed by atoms with E-state index in [4.69, 9.17) is 11.6 Å². The van der Waals surface area contributed by atoms with Crippen molar-refractivity contribution in [2.45, 2.75) is 51.1 Å². The molecule has 0 saturated heterocycles. The van der Waals surface area contributed by atoms with Crippen molar-refractivity contribution >= 4 is 52.3 Å². The molecule has 4 aromatic rings. The van der Waals surface area contributed by atoms with Gasteiger partial charge in [0.2, 0.25) is 11.9 Å². The van der Waals surface area contributed by atoms with Crippen LogP contribution in [-0.4, -0.2) is 72.8 Å². The highest BCUT2D eigenvalue weighted by Gasteiger charge is 2.20. The average molecular weight is 675 g/mol. The third-order valence-electron chi connectivity index (χ3n) is 7.24. The summed E-state index contributed by atoms with van der Waals surface area (Å²) in [5, 5.41) is 20.9. The zero-order valence-corrected chi connectivity index (χ0v) is 26.5. The largest absolute Gasteiger partial charge is 0.480 e. The predicted octanol–water partition coefficient (Wildman–Crippen LogP) is 0.658. The lowest BCUT2D eigenvalue weighted by Crippen LogP contribution is -2.40. The van der Waals surface area contributed by atoms with Crippen molar-refractivity contribution in [2.75, 3.05) is 29.6 Å². The van der Waals surface area contributed by atoms with Crippen LogP contribution in [0.5, 0.6) is 0 Å². The number of unbranched alkanes of at least 4 members (excludes halogenated alkanes) is 2. The monoisotopic (exact) mass is 674 g/mol. The van der Waals surface area contributed by atoms with Crippen molar-refractivity contribution in [1.29, 1.82) is 0 Å². The summed E-state index contributed by atoms with van der Waals surface area (Å²) in [5.74, 6) is 3.57. The van der Waals surface area contributed by atoms with E-state index in [1.807, 2.05) is 0 Å². The van der Waals surface area contributed by atoms with Crippen molar-refractivity contribution in [3.8, 4) is 0 Å². The quantitative estimate of drug-likeness (QED) is 0.0398.